The van der Waals surface area contributed by atoms with Crippen molar-refractivity contribution in [2.75, 3.05) is 6.54 Å². The molecule has 2 N–H and O–H groups in total. The minimum Gasteiger partial charge on any atom is -0.338 e. The number of amides is 1. The van der Waals surface area contributed by atoms with E-state index >= 15 is 0 Å². The molecule has 1 saturated carbocycles. The summed E-state index contributed by atoms with van der Waals surface area (Å²) < 4.78 is 0. The minimum atomic E-state index is -0.294. The van der Waals surface area contributed by atoms with E-state index in [0.717, 1.165) is 18.9 Å². The summed E-state index contributed by atoms with van der Waals surface area (Å²) >= 11 is 0. The first-order valence-electron chi connectivity index (χ1n) is 7.71. The molecule has 0 radical (unpaired) electrons. The molecule has 3 atom stereocenters. The van der Waals surface area contributed by atoms with Gasteiger partial charge in [0.2, 0.25) is 5.91 Å². The first-order valence-corrected chi connectivity index (χ1v) is 7.71. The highest BCUT2D eigenvalue weighted by atomic mass is 16.2. The highest BCUT2D eigenvalue weighted by molar-refractivity contribution is 5.82. The van der Waals surface area contributed by atoms with Gasteiger partial charge in [-0.3, -0.25) is 4.79 Å². The van der Waals surface area contributed by atoms with Gasteiger partial charge in [-0.2, -0.15) is 0 Å². The van der Waals surface area contributed by atoms with Crippen LogP contribution in [0, 0.1) is 11.8 Å². The molecule has 0 aromatic carbocycles. The third-order valence-corrected chi connectivity index (χ3v) is 5.07. The maximum atomic E-state index is 12.5. The summed E-state index contributed by atoms with van der Waals surface area (Å²) in [6, 6.07) is 0.201. The molecule has 0 aromatic heterocycles. The summed E-state index contributed by atoms with van der Waals surface area (Å²) in [5.41, 5.74) is 6.12. The van der Waals surface area contributed by atoms with Gasteiger partial charge in [0.15, 0.2) is 0 Å². The molecule has 3 heteroatoms. The van der Waals surface area contributed by atoms with Gasteiger partial charge in [0.1, 0.15) is 0 Å². The molecular weight excluding hydrogens is 224 g/mol. The molecule has 1 saturated heterocycles. The molecule has 1 amide bonds. The number of nitrogens with zero attached hydrogens (tertiary/aromatic N) is 1. The summed E-state index contributed by atoms with van der Waals surface area (Å²) in [5.74, 6) is 1.25. The van der Waals surface area contributed by atoms with Crippen molar-refractivity contribution >= 4 is 5.91 Å². The number of hydrogen-bond donors (Lipinski definition) is 1. The average Bonchev–Trinajstić information content (AvgIpc) is 3.05. The van der Waals surface area contributed by atoms with Gasteiger partial charge in [-0.05, 0) is 37.5 Å². The molecule has 0 bridgehead atoms. The number of nitrogens with two attached hydrogens (primary N) is 1. The predicted octanol–water partition coefficient (Wildman–Crippen LogP) is 2.54. The molecule has 2 aliphatic rings. The molecule has 18 heavy (non-hydrogen) atoms. The van der Waals surface area contributed by atoms with Crippen LogP contribution in [-0.2, 0) is 4.79 Å². The van der Waals surface area contributed by atoms with Crippen LogP contribution in [0.1, 0.15) is 58.8 Å². The highest BCUT2D eigenvalue weighted by Gasteiger charge is 2.38. The van der Waals surface area contributed by atoms with E-state index in [1.807, 2.05) is 0 Å². The molecule has 3 unspecified atom stereocenters. The van der Waals surface area contributed by atoms with E-state index in [0.29, 0.717) is 12.0 Å². The topological polar surface area (TPSA) is 46.3 Å². The fourth-order valence-electron chi connectivity index (χ4n) is 3.59. The maximum absolute atomic E-state index is 12.5. The van der Waals surface area contributed by atoms with E-state index in [4.69, 9.17) is 5.73 Å². The molecule has 1 aliphatic heterocycles. The van der Waals surface area contributed by atoms with Gasteiger partial charge in [-0.25, -0.2) is 0 Å². The maximum Gasteiger partial charge on any atom is 0.240 e. The number of carbonyl (C=O) groups excluding carboxylic acids is 1. The second-order valence-corrected chi connectivity index (χ2v) is 6.20. The largest absolute Gasteiger partial charge is 0.338 e. The van der Waals surface area contributed by atoms with Crippen molar-refractivity contribution in [3.63, 3.8) is 0 Å². The lowest BCUT2D eigenvalue weighted by Gasteiger charge is -2.32. The number of likely N-dealkylation sites (tertiary alicyclic amines) is 1. The van der Waals surface area contributed by atoms with Crippen LogP contribution in [0.3, 0.4) is 0 Å². The van der Waals surface area contributed by atoms with Crippen molar-refractivity contribution in [3.8, 4) is 0 Å². The molecule has 2 rings (SSSR count). The van der Waals surface area contributed by atoms with Crippen molar-refractivity contribution in [1.29, 1.82) is 0 Å². The zero-order valence-corrected chi connectivity index (χ0v) is 11.9. The fraction of sp³-hybridized carbons (Fsp3) is 0.933. The van der Waals surface area contributed by atoms with Crippen molar-refractivity contribution < 1.29 is 4.79 Å². The Balaban J connectivity index is 1.99. The minimum absolute atomic E-state index is 0.207. The van der Waals surface area contributed by atoms with E-state index in [2.05, 4.69) is 18.7 Å². The average molecular weight is 252 g/mol. The molecule has 1 heterocycles. The van der Waals surface area contributed by atoms with Gasteiger partial charge in [0, 0.05) is 12.6 Å². The van der Waals surface area contributed by atoms with Crippen LogP contribution >= 0.6 is 0 Å². The highest BCUT2D eigenvalue weighted by Crippen LogP contribution is 2.35. The SMILES string of the molecule is CCC(C)C(N)C(=O)N1CCCC1C1CCCC1. The third kappa shape index (κ3) is 2.71. The van der Waals surface area contributed by atoms with Crippen molar-refractivity contribution in [2.24, 2.45) is 17.6 Å². The number of hydrogen-bond acceptors (Lipinski definition) is 2. The Morgan fingerprint density at radius 1 is 1.28 bits per heavy atom. The monoisotopic (exact) mass is 252 g/mol. The van der Waals surface area contributed by atoms with Gasteiger partial charge < -0.3 is 10.6 Å². The van der Waals surface area contributed by atoms with Crippen molar-refractivity contribution in [2.45, 2.75) is 70.9 Å². The zero-order valence-electron chi connectivity index (χ0n) is 11.9. The van der Waals surface area contributed by atoms with Gasteiger partial charge in [0.25, 0.3) is 0 Å². The van der Waals surface area contributed by atoms with Crippen LogP contribution in [0.5, 0.6) is 0 Å². The molecule has 104 valence electrons. The van der Waals surface area contributed by atoms with E-state index in [9.17, 15) is 4.79 Å². The van der Waals surface area contributed by atoms with E-state index in [1.54, 1.807) is 0 Å². The molecule has 0 aromatic rings. The van der Waals surface area contributed by atoms with Gasteiger partial charge in [0.05, 0.1) is 6.04 Å². The van der Waals surface area contributed by atoms with E-state index in [1.165, 1.54) is 38.5 Å². The zero-order chi connectivity index (χ0) is 13.1. The molecule has 1 aliphatic carbocycles. The van der Waals surface area contributed by atoms with Crippen LogP contribution in [0.25, 0.3) is 0 Å². The first-order chi connectivity index (χ1) is 8.65. The van der Waals surface area contributed by atoms with Crippen LogP contribution in [0.15, 0.2) is 0 Å². The smallest absolute Gasteiger partial charge is 0.240 e. The first kappa shape index (κ1) is 13.9. The Labute approximate surface area is 111 Å². The standard InChI is InChI=1S/C15H28N2O/c1-3-11(2)14(16)15(18)17-10-6-9-13(17)12-7-4-5-8-12/h11-14H,3-10,16H2,1-2H3. The van der Waals surface area contributed by atoms with E-state index in [-0.39, 0.29) is 11.9 Å². The Kier molecular flexibility index (Phi) is 4.66. The fourth-order valence-corrected chi connectivity index (χ4v) is 3.59. The lowest BCUT2D eigenvalue weighted by Crippen LogP contribution is -2.50. The summed E-state index contributed by atoms with van der Waals surface area (Å²) in [7, 11) is 0. The second kappa shape index (κ2) is 6.05. The van der Waals surface area contributed by atoms with E-state index < -0.39 is 0 Å². The lowest BCUT2D eigenvalue weighted by molar-refractivity contribution is -0.135. The second-order valence-electron chi connectivity index (χ2n) is 6.20. The van der Waals surface area contributed by atoms with Crippen LogP contribution in [0.2, 0.25) is 0 Å². The Hall–Kier alpha value is -0.570. The summed E-state index contributed by atoms with van der Waals surface area (Å²) in [4.78, 5) is 14.6. The summed E-state index contributed by atoms with van der Waals surface area (Å²) in [5, 5.41) is 0. The quantitative estimate of drug-likeness (QED) is 0.835. The number of carbonyl (C=O) groups is 1. The van der Waals surface area contributed by atoms with Crippen LogP contribution in [0.4, 0.5) is 0 Å². The Bertz CT molecular complexity index is 286. The number of rotatable bonds is 4. The van der Waals surface area contributed by atoms with Gasteiger partial charge >= 0.3 is 0 Å². The van der Waals surface area contributed by atoms with Crippen LogP contribution in [-0.4, -0.2) is 29.4 Å². The van der Waals surface area contributed by atoms with Crippen molar-refractivity contribution in [3.05, 3.63) is 0 Å². The molecule has 3 nitrogen and oxygen atoms in total. The van der Waals surface area contributed by atoms with Crippen LogP contribution < -0.4 is 5.73 Å². The molecule has 0 spiro atoms. The summed E-state index contributed by atoms with van der Waals surface area (Å²) in [6.45, 7) is 5.13. The molecule has 2 fully saturated rings. The third-order valence-electron chi connectivity index (χ3n) is 5.07. The summed E-state index contributed by atoms with van der Waals surface area (Å²) in [6.07, 6.45) is 8.67. The van der Waals surface area contributed by atoms with Gasteiger partial charge in [-0.15, -0.1) is 0 Å². The van der Waals surface area contributed by atoms with Gasteiger partial charge in [-0.1, -0.05) is 33.1 Å². The Morgan fingerprint density at radius 3 is 2.56 bits per heavy atom. The van der Waals surface area contributed by atoms with Crippen molar-refractivity contribution in [1.82, 2.24) is 4.90 Å². The predicted molar refractivity (Wildman–Crippen MR) is 74.1 cm³/mol. The lowest BCUT2D eigenvalue weighted by atomic mass is 9.94. The molecular formula is C15H28N2O. The Morgan fingerprint density at radius 2 is 1.94 bits per heavy atom. The normalized spacial score (nSPS) is 28.6.